The van der Waals surface area contributed by atoms with Crippen molar-refractivity contribution >= 4 is 33.7 Å². The fourth-order valence-electron chi connectivity index (χ4n) is 3.34. The number of aromatic nitrogens is 3. The van der Waals surface area contributed by atoms with E-state index >= 15 is 0 Å². The van der Waals surface area contributed by atoms with Gasteiger partial charge in [-0.1, -0.05) is 19.3 Å². The fourth-order valence-corrected chi connectivity index (χ4v) is 3.34. The number of nitrogens with one attached hydrogen (secondary N) is 2. The largest absolute Gasteiger partial charge is 0.508 e. The van der Waals surface area contributed by atoms with Crippen LogP contribution in [0.2, 0.25) is 0 Å². The van der Waals surface area contributed by atoms with Crippen molar-refractivity contribution in [2.24, 2.45) is 0 Å². The van der Waals surface area contributed by atoms with E-state index in [0.29, 0.717) is 11.7 Å². The molecule has 0 saturated heterocycles. The number of H-pyrrole nitrogens is 1. The lowest BCUT2D eigenvalue weighted by Gasteiger charge is -2.23. The molecule has 0 aliphatic heterocycles. The molecule has 0 atom stereocenters. The van der Waals surface area contributed by atoms with Crippen LogP contribution < -0.4 is 11.1 Å². The van der Waals surface area contributed by atoms with E-state index in [1.807, 2.05) is 6.07 Å². The van der Waals surface area contributed by atoms with Crippen LogP contribution in [0.15, 0.2) is 18.2 Å². The quantitative estimate of drug-likeness (QED) is 0.582. The highest BCUT2D eigenvalue weighted by molar-refractivity contribution is 6.11. The zero-order chi connectivity index (χ0) is 15.1. The van der Waals surface area contributed by atoms with Crippen LogP contribution in [-0.2, 0) is 0 Å². The maximum Gasteiger partial charge on any atom is 0.223 e. The SMILES string of the molecule is Nc1nc(NC2CCCCC2)c2c(n1)[nH]c1ccc(O)cc12. The van der Waals surface area contributed by atoms with Gasteiger partial charge in [0.15, 0.2) is 0 Å². The number of nitrogens with zero attached hydrogens (tertiary/aromatic N) is 2. The zero-order valence-electron chi connectivity index (χ0n) is 12.3. The highest BCUT2D eigenvalue weighted by Gasteiger charge is 2.18. The number of rotatable bonds is 2. The van der Waals surface area contributed by atoms with Gasteiger partial charge in [0.2, 0.25) is 5.95 Å². The molecule has 0 unspecified atom stereocenters. The molecule has 0 amide bonds. The first kappa shape index (κ1) is 13.2. The molecular formula is C16H19N5O. The molecule has 1 aromatic carbocycles. The number of phenolic OH excluding ortho intramolecular Hbond substituents is 1. The van der Waals surface area contributed by atoms with E-state index < -0.39 is 0 Å². The first-order chi connectivity index (χ1) is 10.7. The molecule has 1 aliphatic rings. The van der Waals surface area contributed by atoms with E-state index in [-0.39, 0.29) is 11.7 Å². The number of nitrogens with two attached hydrogens (primary N) is 1. The molecule has 4 rings (SSSR count). The van der Waals surface area contributed by atoms with Gasteiger partial charge in [-0.3, -0.25) is 0 Å². The van der Waals surface area contributed by atoms with Crippen molar-refractivity contribution in [3.05, 3.63) is 18.2 Å². The van der Waals surface area contributed by atoms with Crippen LogP contribution in [0.1, 0.15) is 32.1 Å². The van der Waals surface area contributed by atoms with Crippen molar-refractivity contribution in [1.82, 2.24) is 15.0 Å². The summed E-state index contributed by atoms with van der Waals surface area (Å²) in [6.07, 6.45) is 6.10. The lowest BCUT2D eigenvalue weighted by atomic mass is 9.95. The summed E-state index contributed by atoms with van der Waals surface area (Å²) >= 11 is 0. The fraction of sp³-hybridized carbons (Fsp3) is 0.375. The summed E-state index contributed by atoms with van der Waals surface area (Å²) < 4.78 is 0. The highest BCUT2D eigenvalue weighted by atomic mass is 16.3. The first-order valence-corrected chi connectivity index (χ1v) is 7.75. The van der Waals surface area contributed by atoms with E-state index in [4.69, 9.17) is 5.73 Å². The molecule has 1 aliphatic carbocycles. The average Bonchev–Trinajstić information content (AvgIpc) is 2.85. The molecule has 0 spiro atoms. The van der Waals surface area contributed by atoms with E-state index in [9.17, 15) is 5.11 Å². The van der Waals surface area contributed by atoms with Gasteiger partial charge in [-0.15, -0.1) is 0 Å². The van der Waals surface area contributed by atoms with Crippen LogP contribution in [0.5, 0.6) is 5.75 Å². The molecule has 6 nitrogen and oxygen atoms in total. The molecule has 0 radical (unpaired) electrons. The van der Waals surface area contributed by atoms with Gasteiger partial charge in [0.1, 0.15) is 17.2 Å². The zero-order valence-corrected chi connectivity index (χ0v) is 12.3. The molecule has 2 heterocycles. The van der Waals surface area contributed by atoms with Crippen LogP contribution in [0, 0.1) is 0 Å². The molecule has 5 N–H and O–H groups in total. The Kier molecular flexibility index (Phi) is 3.03. The van der Waals surface area contributed by atoms with Gasteiger partial charge in [0, 0.05) is 16.9 Å². The Morgan fingerprint density at radius 1 is 1.18 bits per heavy atom. The van der Waals surface area contributed by atoms with Crippen molar-refractivity contribution in [1.29, 1.82) is 0 Å². The number of nitrogen functional groups attached to an aromatic ring is 1. The van der Waals surface area contributed by atoms with Crippen molar-refractivity contribution in [3.63, 3.8) is 0 Å². The Morgan fingerprint density at radius 2 is 2.00 bits per heavy atom. The summed E-state index contributed by atoms with van der Waals surface area (Å²) in [4.78, 5) is 11.9. The number of phenols is 1. The first-order valence-electron chi connectivity index (χ1n) is 7.75. The number of hydrogen-bond donors (Lipinski definition) is 4. The Balaban J connectivity index is 1.87. The molecule has 114 valence electrons. The maximum absolute atomic E-state index is 9.78. The second kappa shape index (κ2) is 5.05. The maximum atomic E-state index is 9.78. The third kappa shape index (κ3) is 2.20. The van der Waals surface area contributed by atoms with Crippen molar-refractivity contribution < 1.29 is 5.11 Å². The summed E-state index contributed by atoms with van der Waals surface area (Å²) in [6.45, 7) is 0. The lowest BCUT2D eigenvalue weighted by Crippen LogP contribution is -2.23. The number of benzene rings is 1. The second-order valence-corrected chi connectivity index (χ2v) is 5.99. The van der Waals surface area contributed by atoms with E-state index in [1.54, 1.807) is 12.1 Å². The topological polar surface area (TPSA) is 99.9 Å². The average molecular weight is 297 g/mol. The van der Waals surface area contributed by atoms with Gasteiger partial charge < -0.3 is 21.1 Å². The van der Waals surface area contributed by atoms with Crippen molar-refractivity contribution in [2.75, 3.05) is 11.1 Å². The number of anilines is 2. The summed E-state index contributed by atoms with van der Waals surface area (Å²) in [7, 11) is 0. The third-order valence-electron chi connectivity index (χ3n) is 4.40. The van der Waals surface area contributed by atoms with E-state index in [2.05, 4.69) is 20.3 Å². The summed E-state index contributed by atoms with van der Waals surface area (Å²) in [5, 5.41) is 15.1. The van der Waals surface area contributed by atoms with Crippen molar-refractivity contribution in [2.45, 2.75) is 38.1 Å². The summed E-state index contributed by atoms with van der Waals surface area (Å²) in [5.74, 6) is 1.24. The standard InChI is InChI=1S/C16H19N5O/c17-16-20-14(18-9-4-2-1-3-5-9)13-11-8-10(22)6-7-12(11)19-15(13)21-16/h6-9,22H,1-5H2,(H4,17,18,19,20,21). The van der Waals surface area contributed by atoms with Crippen LogP contribution >= 0.6 is 0 Å². The Labute approximate surface area is 127 Å². The molecule has 6 heteroatoms. The van der Waals surface area contributed by atoms with Crippen LogP contribution in [0.3, 0.4) is 0 Å². The minimum Gasteiger partial charge on any atom is -0.508 e. The minimum atomic E-state index is 0.230. The Hall–Kier alpha value is -2.50. The molecule has 3 aromatic rings. The predicted molar refractivity (Wildman–Crippen MR) is 88.0 cm³/mol. The van der Waals surface area contributed by atoms with Crippen LogP contribution in [0.25, 0.3) is 21.9 Å². The number of hydrogen-bond acceptors (Lipinski definition) is 5. The van der Waals surface area contributed by atoms with Gasteiger partial charge in [0.05, 0.1) is 5.39 Å². The van der Waals surface area contributed by atoms with Gasteiger partial charge in [0.25, 0.3) is 0 Å². The monoisotopic (exact) mass is 297 g/mol. The van der Waals surface area contributed by atoms with E-state index in [0.717, 1.165) is 34.9 Å². The summed E-state index contributed by atoms with van der Waals surface area (Å²) in [6, 6.07) is 5.66. The predicted octanol–water partition coefficient (Wildman–Crippen LogP) is 3.14. The molecule has 22 heavy (non-hydrogen) atoms. The van der Waals surface area contributed by atoms with Gasteiger partial charge in [-0.05, 0) is 31.0 Å². The number of fused-ring (bicyclic) bond motifs is 3. The number of aromatic amines is 1. The smallest absolute Gasteiger partial charge is 0.223 e. The molecule has 0 bridgehead atoms. The third-order valence-corrected chi connectivity index (χ3v) is 4.40. The van der Waals surface area contributed by atoms with Gasteiger partial charge in [-0.25, -0.2) is 0 Å². The summed E-state index contributed by atoms with van der Waals surface area (Å²) in [5.41, 5.74) is 7.47. The van der Waals surface area contributed by atoms with Crippen LogP contribution in [0.4, 0.5) is 11.8 Å². The van der Waals surface area contributed by atoms with Crippen LogP contribution in [-0.4, -0.2) is 26.1 Å². The van der Waals surface area contributed by atoms with Gasteiger partial charge in [-0.2, -0.15) is 9.97 Å². The Morgan fingerprint density at radius 3 is 2.82 bits per heavy atom. The lowest BCUT2D eigenvalue weighted by molar-refractivity contribution is 0.462. The second-order valence-electron chi connectivity index (χ2n) is 5.99. The Bertz CT molecular complexity index is 835. The van der Waals surface area contributed by atoms with Crippen molar-refractivity contribution in [3.8, 4) is 5.75 Å². The molecule has 1 fully saturated rings. The number of aromatic hydroxyl groups is 1. The highest BCUT2D eigenvalue weighted by Crippen LogP contribution is 2.33. The molecular weight excluding hydrogens is 278 g/mol. The van der Waals surface area contributed by atoms with Gasteiger partial charge >= 0.3 is 0 Å². The minimum absolute atomic E-state index is 0.230. The molecule has 1 saturated carbocycles. The molecule has 2 aromatic heterocycles. The van der Waals surface area contributed by atoms with E-state index in [1.165, 1.54) is 19.3 Å². The normalized spacial score (nSPS) is 16.4.